The van der Waals surface area contributed by atoms with Crippen LogP contribution in [-0.4, -0.2) is 41.8 Å². The van der Waals surface area contributed by atoms with Gasteiger partial charge in [-0.3, -0.25) is 9.59 Å². The van der Waals surface area contributed by atoms with E-state index < -0.39 is 30.1 Å². The van der Waals surface area contributed by atoms with E-state index in [0.717, 1.165) is 28.7 Å². The van der Waals surface area contributed by atoms with Gasteiger partial charge in [0.05, 0.1) is 5.92 Å². The highest BCUT2D eigenvalue weighted by atomic mass is 16.5. The maximum atomic E-state index is 12.9. The molecular formula is C26H30N2O5. The highest BCUT2D eigenvalue weighted by molar-refractivity contribution is 5.87. The lowest BCUT2D eigenvalue weighted by Crippen LogP contribution is -2.53. The maximum absolute atomic E-state index is 12.9. The predicted octanol–water partition coefficient (Wildman–Crippen LogP) is 3.92. The first kappa shape index (κ1) is 22.8. The number of ether oxygens (including phenoxy) is 1. The van der Waals surface area contributed by atoms with Crippen molar-refractivity contribution in [2.24, 2.45) is 11.8 Å². The average molecular weight is 451 g/mol. The quantitative estimate of drug-likeness (QED) is 0.593. The number of fused-ring (bicyclic) bond motifs is 3. The second-order valence-corrected chi connectivity index (χ2v) is 9.18. The van der Waals surface area contributed by atoms with Crippen LogP contribution in [0.1, 0.15) is 50.2 Å². The first-order chi connectivity index (χ1) is 15.9. The Bertz CT molecular complexity index is 1000. The lowest BCUT2D eigenvalue weighted by molar-refractivity contribution is -0.142. The number of aliphatic carboxylic acids is 1. The van der Waals surface area contributed by atoms with Gasteiger partial charge >= 0.3 is 12.1 Å². The van der Waals surface area contributed by atoms with Crippen molar-refractivity contribution >= 4 is 18.0 Å². The molecule has 33 heavy (non-hydrogen) atoms. The normalized spacial score (nSPS) is 20.1. The summed E-state index contributed by atoms with van der Waals surface area (Å²) in [7, 11) is 0. The molecule has 2 aromatic rings. The molecule has 0 saturated heterocycles. The first-order valence-corrected chi connectivity index (χ1v) is 11.5. The van der Waals surface area contributed by atoms with Crippen molar-refractivity contribution in [1.82, 2.24) is 10.6 Å². The zero-order chi connectivity index (χ0) is 23.5. The van der Waals surface area contributed by atoms with Crippen molar-refractivity contribution in [3.8, 4) is 11.1 Å². The molecule has 2 aliphatic rings. The molecule has 4 rings (SSSR count). The molecule has 0 bridgehead atoms. The first-order valence-electron chi connectivity index (χ1n) is 11.5. The van der Waals surface area contributed by atoms with E-state index in [2.05, 4.69) is 22.8 Å². The summed E-state index contributed by atoms with van der Waals surface area (Å²) in [6.07, 6.45) is 1.27. The molecule has 0 spiro atoms. The molecule has 7 heteroatoms. The molecule has 3 N–H and O–H groups in total. The third kappa shape index (κ3) is 4.72. The molecule has 3 atom stereocenters. The fourth-order valence-electron chi connectivity index (χ4n) is 5.00. The summed E-state index contributed by atoms with van der Waals surface area (Å²) >= 11 is 0. The van der Waals surface area contributed by atoms with Gasteiger partial charge in [-0.05, 0) is 41.0 Å². The molecule has 2 aromatic carbocycles. The van der Waals surface area contributed by atoms with Gasteiger partial charge in [-0.15, -0.1) is 0 Å². The maximum Gasteiger partial charge on any atom is 0.407 e. The van der Waals surface area contributed by atoms with Crippen LogP contribution in [0, 0.1) is 11.8 Å². The van der Waals surface area contributed by atoms with Gasteiger partial charge < -0.3 is 20.5 Å². The zero-order valence-electron chi connectivity index (χ0n) is 18.9. The Labute approximate surface area is 193 Å². The summed E-state index contributed by atoms with van der Waals surface area (Å²) in [5.41, 5.74) is 4.52. The third-order valence-corrected chi connectivity index (χ3v) is 6.73. The largest absolute Gasteiger partial charge is 0.481 e. The van der Waals surface area contributed by atoms with Gasteiger partial charge in [-0.25, -0.2) is 4.79 Å². The van der Waals surface area contributed by atoms with Crippen LogP contribution in [0.25, 0.3) is 11.1 Å². The van der Waals surface area contributed by atoms with Crippen LogP contribution in [0.15, 0.2) is 48.5 Å². The van der Waals surface area contributed by atoms with Gasteiger partial charge in [0.1, 0.15) is 12.6 Å². The summed E-state index contributed by atoms with van der Waals surface area (Å²) in [6, 6.07) is 15.0. The standard InChI is InChI=1S/C26H30N2O5/c1-15(2)23(24(29)27-22-13-7-12-20(22)25(30)31)28-26(32)33-14-21-18-10-5-3-8-16(18)17-9-4-6-11-19(17)21/h3-6,8-11,15,20-23H,7,12-14H2,1-2H3,(H,27,29)(H,28,32)(H,30,31)/t20-,22+,23?/m0/s1. The SMILES string of the molecule is CC(C)C(NC(=O)OCC1c2ccccc2-c2ccccc21)C(=O)N[C@@H]1CCC[C@@H]1C(=O)O. The van der Waals surface area contributed by atoms with Gasteiger partial charge in [0.15, 0.2) is 0 Å². The molecule has 7 nitrogen and oxygen atoms in total. The van der Waals surface area contributed by atoms with E-state index in [1.54, 1.807) is 0 Å². The fraction of sp³-hybridized carbons (Fsp3) is 0.423. The van der Waals surface area contributed by atoms with Crippen molar-refractivity contribution in [1.29, 1.82) is 0 Å². The lowest BCUT2D eigenvalue weighted by atomic mass is 9.98. The Kier molecular flexibility index (Phi) is 6.67. The molecule has 0 radical (unpaired) electrons. The highest BCUT2D eigenvalue weighted by Gasteiger charge is 2.36. The van der Waals surface area contributed by atoms with Crippen molar-refractivity contribution in [3.05, 3.63) is 59.7 Å². The molecule has 0 aromatic heterocycles. The van der Waals surface area contributed by atoms with Gasteiger partial charge in [0, 0.05) is 12.0 Å². The molecule has 174 valence electrons. The number of alkyl carbamates (subject to hydrolysis) is 1. The van der Waals surface area contributed by atoms with Gasteiger partial charge in [-0.1, -0.05) is 68.8 Å². The second-order valence-electron chi connectivity index (χ2n) is 9.18. The van der Waals surface area contributed by atoms with Crippen molar-refractivity contribution in [2.75, 3.05) is 6.61 Å². The average Bonchev–Trinajstić information content (AvgIpc) is 3.38. The molecule has 2 aliphatic carbocycles. The number of nitrogens with one attached hydrogen (secondary N) is 2. The highest BCUT2D eigenvalue weighted by Crippen LogP contribution is 2.44. The van der Waals surface area contributed by atoms with Crippen LogP contribution < -0.4 is 10.6 Å². The predicted molar refractivity (Wildman–Crippen MR) is 124 cm³/mol. The molecule has 1 saturated carbocycles. The van der Waals surface area contributed by atoms with Crippen molar-refractivity contribution in [2.45, 2.75) is 51.1 Å². The number of carboxylic acids is 1. The van der Waals surface area contributed by atoms with E-state index in [1.807, 2.05) is 50.2 Å². The molecule has 0 aliphatic heterocycles. The summed E-state index contributed by atoms with van der Waals surface area (Å²) in [5.74, 6) is -2.12. The van der Waals surface area contributed by atoms with Crippen LogP contribution in [0.3, 0.4) is 0 Å². The van der Waals surface area contributed by atoms with Crippen LogP contribution in [0.5, 0.6) is 0 Å². The topological polar surface area (TPSA) is 105 Å². The number of hydrogen-bond donors (Lipinski definition) is 3. The molecule has 1 unspecified atom stereocenters. The molecule has 0 heterocycles. The number of hydrogen-bond acceptors (Lipinski definition) is 4. The van der Waals surface area contributed by atoms with Crippen LogP contribution in [0.4, 0.5) is 4.79 Å². The van der Waals surface area contributed by atoms with E-state index in [4.69, 9.17) is 4.74 Å². The van der Waals surface area contributed by atoms with Crippen molar-refractivity contribution in [3.63, 3.8) is 0 Å². The monoisotopic (exact) mass is 450 g/mol. The van der Waals surface area contributed by atoms with Crippen LogP contribution >= 0.6 is 0 Å². The summed E-state index contributed by atoms with van der Waals surface area (Å²) < 4.78 is 5.58. The van der Waals surface area contributed by atoms with E-state index in [1.165, 1.54) is 0 Å². The smallest absolute Gasteiger partial charge is 0.407 e. The van der Waals surface area contributed by atoms with Crippen LogP contribution in [-0.2, 0) is 14.3 Å². The fourth-order valence-corrected chi connectivity index (χ4v) is 5.00. The minimum atomic E-state index is -0.900. The second kappa shape index (κ2) is 9.65. The van der Waals surface area contributed by atoms with Gasteiger partial charge in [0.2, 0.25) is 5.91 Å². The number of carbonyl (C=O) groups is 3. The number of carboxylic acid groups (broad SMARTS) is 1. The Balaban J connectivity index is 1.39. The Hall–Kier alpha value is -3.35. The summed E-state index contributed by atoms with van der Waals surface area (Å²) in [5, 5.41) is 14.9. The van der Waals surface area contributed by atoms with Crippen LogP contribution in [0.2, 0.25) is 0 Å². The zero-order valence-corrected chi connectivity index (χ0v) is 18.9. The molecular weight excluding hydrogens is 420 g/mol. The number of carbonyl (C=O) groups excluding carboxylic acids is 2. The van der Waals surface area contributed by atoms with Gasteiger partial charge in [-0.2, -0.15) is 0 Å². The Morgan fingerprint density at radius 3 is 2.18 bits per heavy atom. The van der Waals surface area contributed by atoms with Gasteiger partial charge in [0.25, 0.3) is 0 Å². The Morgan fingerprint density at radius 2 is 1.61 bits per heavy atom. The lowest BCUT2D eigenvalue weighted by Gasteiger charge is -2.25. The Morgan fingerprint density at radius 1 is 1.00 bits per heavy atom. The summed E-state index contributed by atoms with van der Waals surface area (Å²) in [6.45, 7) is 3.82. The van der Waals surface area contributed by atoms with Crippen molar-refractivity contribution < 1.29 is 24.2 Å². The van der Waals surface area contributed by atoms with E-state index in [-0.39, 0.29) is 24.3 Å². The van der Waals surface area contributed by atoms with E-state index in [9.17, 15) is 19.5 Å². The minimum absolute atomic E-state index is 0.0655. The third-order valence-electron chi connectivity index (χ3n) is 6.73. The molecule has 1 fully saturated rings. The number of benzene rings is 2. The van der Waals surface area contributed by atoms with E-state index in [0.29, 0.717) is 12.8 Å². The van der Waals surface area contributed by atoms with E-state index >= 15 is 0 Å². The number of amides is 2. The number of rotatable bonds is 7. The minimum Gasteiger partial charge on any atom is -0.481 e. The molecule has 2 amide bonds. The summed E-state index contributed by atoms with van der Waals surface area (Å²) in [4.78, 5) is 36.9.